The van der Waals surface area contributed by atoms with Gasteiger partial charge in [-0.2, -0.15) is 0 Å². The van der Waals surface area contributed by atoms with Gasteiger partial charge in [0.1, 0.15) is 5.82 Å². The van der Waals surface area contributed by atoms with E-state index in [1.165, 1.54) is 31.0 Å². The average molecular weight is 349 g/mol. The van der Waals surface area contributed by atoms with Gasteiger partial charge >= 0.3 is 0 Å². The minimum atomic E-state index is -0.564. The Kier molecular flexibility index (Phi) is 4.85. The molecule has 0 aromatic heterocycles. The lowest BCUT2D eigenvalue weighted by Crippen LogP contribution is -2.37. The molecular formula is C14H16BrClFNO. The smallest absolute Gasteiger partial charge is 0.252 e. The van der Waals surface area contributed by atoms with Crippen molar-refractivity contribution in [2.45, 2.75) is 25.7 Å². The number of benzene rings is 1. The fourth-order valence-corrected chi connectivity index (χ4v) is 3.50. The molecule has 0 bridgehead atoms. The molecule has 0 spiro atoms. The van der Waals surface area contributed by atoms with Crippen LogP contribution in [0.4, 0.5) is 4.39 Å². The maximum Gasteiger partial charge on any atom is 0.252 e. The van der Waals surface area contributed by atoms with Gasteiger partial charge in [0.2, 0.25) is 0 Å². The Morgan fingerprint density at radius 2 is 2.11 bits per heavy atom. The molecule has 0 aliphatic heterocycles. The van der Waals surface area contributed by atoms with E-state index in [4.69, 9.17) is 11.6 Å². The molecule has 19 heavy (non-hydrogen) atoms. The van der Waals surface area contributed by atoms with Crippen molar-refractivity contribution < 1.29 is 9.18 Å². The summed E-state index contributed by atoms with van der Waals surface area (Å²) in [5.74, 6) is -0.873. The van der Waals surface area contributed by atoms with Crippen LogP contribution in [0.5, 0.6) is 0 Å². The average Bonchev–Trinajstić information content (AvgIpc) is 2.89. The monoisotopic (exact) mass is 347 g/mol. The molecule has 1 aliphatic rings. The van der Waals surface area contributed by atoms with Crippen LogP contribution in [0.15, 0.2) is 18.2 Å². The minimum Gasteiger partial charge on any atom is -0.351 e. The zero-order chi connectivity index (χ0) is 13.9. The summed E-state index contributed by atoms with van der Waals surface area (Å²) in [5, 5.41) is 3.64. The van der Waals surface area contributed by atoms with Crippen LogP contribution in [0.25, 0.3) is 0 Å². The highest BCUT2D eigenvalue weighted by Crippen LogP contribution is 2.39. The Hall–Kier alpha value is -0.610. The van der Waals surface area contributed by atoms with Gasteiger partial charge in [0.25, 0.3) is 5.91 Å². The number of carbonyl (C=O) groups is 1. The Labute approximate surface area is 125 Å². The van der Waals surface area contributed by atoms with Crippen LogP contribution in [-0.4, -0.2) is 17.8 Å². The highest BCUT2D eigenvalue weighted by molar-refractivity contribution is 9.09. The second-order valence-corrected chi connectivity index (χ2v) is 6.06. The van der Waals surface area contributed by atoms with Crippen LogP contribution in [0.1, 0.15) is 36.0 Å². The fourth-order valence-electron chi connectivity index (χ4n) is 2.52. The number of alkyl halides is 1. The summed E-state index contributed by atoms with van der Waals surface area (Å²) in [4.78, 5) is 12.1. The van der Waals surface area contributed by atoms with Gasteiger partial charge in [-0.25, -0.2) is 4.39 Å². The van der Waals surface area contributed by atoms with E-state index in [0.717, 1.165) is 18.2 Å². The number of carbonyl (C=O) groups excluding carboxylic acids is 1. The van der Waals surface area contributed by atoms with E-state index in [-0.39, 0.29) is 21.9 Å². The van der Waals surface area contributed by atoms with Gasteiger partial charge in [-0.1, -0.05) is 46.4 Å². The van der Waals surface area contributed by atoms with E-state index in [0.29, 0.717) is 6.54 Å². The standard InChI is InChI=1S/C14H16BrClFNO/c15-8-14(6-1-2-7-14)9-18-13(19)10-4-3-5-11(17)12(10)16/h3-5H,1-2,6-9H2,(H,18,19). The van der Waals surface area contributed by atoms with Crippen molar-refractivity contribution in [3.63, 3.8) is 0 Å². The van der Waals surface area contributed by atoms with Crippen molar-refractivity contribution >= 4 is 33.4 Å². The molecule has 1 aliphatic carbocycles. The third-order valence-corrected chi connectivity index (χ3v) is 5.34. The quantitative estimate of drug-likeness (QED) is 0.813. The van der Waals surface area contributed by atoms with Gasteiger partial charge in [0.15, 0.2) is 0 Å². The van der Waals surface area contributed by atoms with E-state index < -0.39 is 5.82 Å². The maximum atomic E-state index is 13.3. The number of hydrogen-bond acceptors (Lipinski definition) is 1. The highest BCUT2D eigenvalue weighted by atomic mass is 79.9. The maximum absolute atomic E-state index is 13.3. The van der Waals surface area contributed by atoms with Gasteiger partial charge in [-0.3, -0.25) is 4.79 Å². The Morgan fingerprint density at radius 1 is 1.42 bits per heavy atom. The summed E-state index contributed by atoms with van der Waals surface area (Å²) in [7, 11) is 0. The Balaban J connectivity index is 2.03. The lowest BCUT2D eigenvalue weighted by molar-refractivity contribution is 0.0935. The number of halogens is 3. The SMILES string of the molecule is O=C(NCC1(CBr)CCCC1)c1cccc(F)c1Cl. The van der Waals surface area contributed by atoms with Crippen molar-refractivity contribution in [1.82, 2.24) is 5.32 Å². The van der Waals surface area contributed by atoms with Gasteiger partial charge < -0.3 is 5.32 Å². The van der Waals surface area contributed by atoms with Gasteiger partial charge in [-0.05, 0) is 30.4 Å². The van der Waals surface area contributed by atoms with E-state index >= 15 is 0 Å². The predicted octanol–water partition coefficient (Wildman–Crippen LogP) is 4.16. The molecule has 2 rings (SSSR count). The summed E-state index contributed by atoms with van der Waals surface area (Å²) >= 11 is 9.34. The number of nitrogens with one attached hydrogen (secondary N) is 1. The summed E-state index contributed by atoms with van der Waals surface area (Å²) in [6, 6.07) is 4.28. The first-order chi connectivity index (χ1) is 9.08. The summed E-state index contributed by atoms with van der Waals surface area (Å²) in [6.07, 6.45) is 4.61. The van der Waals surface area contributed by atoms with Crippen LogP contribution in [0, 0.1) is 11.2 Å². The minimum absolute atomic E-state index is 0.112. The van der Waals surface area contributed by atoms with Crippen LogP contribution in [0.2, 0.25) is 5.02 Å². The highest BCUT2D eigenvalue weighted by Gasteiger charge is 2.33. The third-order valence-electron chi connectivity index (χ3n) is 3.77. The zero-order valence-corrected chi connectivity index (χ0v) is 12.9. The van der Waals surface area contributed by atoms with Crippen molar-refractivity contribution in [2.24, 2.45) is 5.41 Å². The molecule has 5 heteroatoms. The van der Waals surface area contributed by atoms with Crippen LogP contribution >= 0.6 is 27.5 Å². The number of amides is 1. The van der Waals surface area contributed by atoms with Crippen LogP contribution in [0.3, 0.4) is 0 Å². The molecule has 1 fully saturated rings. The molecule has 1 N–H and O–H groups in total. The van der Waals surface area contributed by atoms with Crippen LogP contribution in [-0.2, 0) is 0 Å². The Morgan fingerprint density at radius 3 is 2.74 bits per heavy atom. The van der Waals surface area contributed by atoms with E-state index in [1.807, 2.05) is 0 Å². The summed E-state index contributed by atoms with van der Waals surface area (Å²) in [6.45, 7) is 0.601. The lowest BCUT2D eigenvalue weighted by Gasteiger charge is -2.26. The molecule has 0 unspecified atom stereocenters. The summed E-state index contributed by atoms with van der Waals surface area (Å²) in [5.41, 5.74) is 0.333. The van der Waals surface area contributed by atoms with Gasteiger partial charge in [-0.15, -0.1) is 0 Å². The largest absolute Gasteiger partial charge is 0.351 e. The van der Waals surface area contributed by atoms with Gasteiger partial charge in [0, 0.05) is 11.9 Å². The van der Waals surface area contributed by atoms with Gasteiger partial charge in [0.05, 0.1) is 10.6 Å². The number of hydrogen-bond donors (Lipinski definition) is 1. The van der Waals surface area contributed by atoms with Crippen molar-refractivity contribution in [3.05, 3.63) is 34.6 Å². The molecule has 2 nitrogen and oxygen atoms in total. The second kappa shape index (κ2) is 6.23. The van der Waals surface area contributed by atoms with E-state index in [1.54, 1.807) is 0 Å². The molecule has 1 saturated carbocycles. The predicted molar refractivity (Wildman–Crippen MR) is 78.4 cm³/mol. The molecule has 0 radical (unpaired) electrons. The molecule has 0 atom stereocenters. The molecule has 0 saturated heterocycles. The molecule has 0 heterocycles. The van der Waals surface area contributed by atoms with Crippen molar-refractivity contribution in [1.29, 1.82) is 0 Å². The fraction of sp³-hybridized carbons (Fsp3) is 0.500. The van der Waals surface area contributed by atoms with Crippen molar-refractivity contribution in [2.75, 3.05) is 11.9 Å². The molecule has 1 aromatic carbocycles. The second-order valence-electron chi connectivity index (χ2n) is 5.12. The number of rotatable bonds is 4. The third kappa shape index (κ3) is 3.29. The zero-order valence-electron chi connectivity index (χ0n) is 10.5. The first kappa shape index (κ1) is 14.8. The van der Waals surface area contributed by atoms with E-state index in [2.05, 4.69) is 21.2 Å². The molecular weight excluding hydrogens is 333 g/mol. The van der Waals surface area contributed by atoms with Crippen molar-refractivity contribution in [3.8, 4) is 0 Å². The lowest BCUT2D eigenvalue weighted by atomic mass is 9.89. The molecule has 1 amide bonds. The normalized spacial score (nSPS) is 17.4. The summed E-state index contributed by atoms with van der Waals surface area (Å²) < 4.78 is 13.3. The molecule has 1 aromatic rings. The van der Waals surface area contributed by atoms with E-state index in [9.17, 15) is 9.18 Å². The Bertz CT molecular complexity index is 475. The van der Waals surface area contributed by atoms with Crippen LogP contribution < -0.4 is 5.32 Å². The topological polar surface area (TPSA) is 29.1 Å². The first-order valence-electron chi connectivity index (χ1n) is 6.36. The first-order valence-corrected chi connectivity index (χ1v) is 7.86. The molecule has 104 valence electrons.